The van der Waals surface area contributed by atoms with Crippen molar-refractivity contribution in [3.05, 3.63) is 36.0 Å². The first-order valence-electron chi connectivity index (χ1n) is 6.70. The zero-order valence-electron chi connectivity index (χ0n) is 11.2. The number of nitrogens with two attached hydrogens (primary N) is 1. The molecular formula is C15H19N3O. The van der Waals surface area contributed by atoms with Crippen LogP contribution in [0.2, 0.25) is 0 Å². The fourth-order valence-electron chi connectivity index (χ4n) is 2.54. The molecule has 1 unspecified atom stereocenters. The first kappa shape index (κ1) is 12.4. The quantitative estimate of drug-likeness (QED) is 0.894. The highest BCUT2D eigenvalue weighted by atomic mass is 16.5. The minimum absolute atomic E-state index is 0.434. The van der Waals surface area contributed by atoms with E-state index >= 15 is 0 Å². The highest BCUT2D eigenvalue weighted by molar-refractivity contribution is 5.90. The minimum Gasteiger partial charge on any atom is -0.398 e. The number of nitrogens with zero attached hydrogens (tertiary/aromatic N) is 2. The highest BCUT2D eigenvalue weighted by Crippen LogP contribution is 2.21. The second-order valence-electron chi connectivity index (χ2n) is 5.11. The molecule has 19 heavy (non-hydrogen) atoms. The molecule has 0 spiro atoms. The zero-order chi connectivity index (χ0) is 13.2. The lowest BCUT2D eigenvalue weighted by Gasteiger charge is -2.32. The Balaban J connectivity index is 1.88. The van der Waals surface area contributed by atoms with E-state index in [1.54, 1.807) is 0 Å². The lowest BCUT2D eigenvalue weighted by Crippen LogP contribution is -2.43. The Labute approximate surface area is 113 Å². The summed E-state index contributed by atoms with van der Waals surface area (Å²) >= 11 is 0. The number of hydrogen-bond donors (Lipinski definition) is 1. The maximum atomic E-state index is 6.11. The maximum Gasteiger partial charge on any atom is 0.0726 e. The van der Waals surface area contributed by atoms with Crippen LogP contribution in [0.1, 0.15) is 12.6 Å². The molecule has 1 aliphatic rings. The predicted octanol–water partition coefficient (Wildman–Crippen LogP) is 2.04. The van der Waals surface area contributed by atoms with Gasteiger partial charge in [-0.25, -0.2) is 0 Å². The monoisotopic (exact) mass is 257 g/mol. The van der Waals surface area contributed by atoms with E-state index in [4.69, 9.17) is 15.5 Å². The number of morpholine rings is 1. The van der Waals surface area contributed by atoms with Crippen molar-refractivity contribution in [1.29, 1.82) is 0 Å². The van der Waals surface area contributed by atoms with Crippen LogP contribution in [0.4, 0.5) is 5.69 Å². The van der Waals surface area contributed by atoms with E-state index < -0.39 is 0 Å². The van der Waals surface area contributed by atoms with Gasteiger partial charge in [-0.2, -0.15) is 0 Å². The van der Waals surface area contributed by atoms with E-state index in [2.05, 4.69) is 11.8 Å². The van der Waals surface area contributed by atoms with Gasteiger partial charge in [-0.3, -0.25) is 9.88 Å². The van der Waals surface area contributed by atoms with E-state index in [1.807, 2.05) is 30.3 Å². The molecule has 100 valence electrons. The largest absolute Gasteiger partial charge is 0.398 e. The Morgan fingerprint density at radius 1 is 1.42 bits per heavy atom. The van der Waals surface area contributed by atoms with Crippen LogP contribution in [-0.2, 0) is 11.3 Å². The molecular weight excluding hydrogens is 238 g/mol. The summed E-state index contributed by atoms with van der Waals surface area (Å²) in [7, 11) is 0. The number of fused-ring (bicyclic) bond motifs is 1. The Morgan fingerprint density at radius 3 is 3.11 bits per heavy atom. The molecule has 1 aliphatic heterocycles. The fourth-order valence-corrected chi connectivity index (χ4v) is 2.54. The van der Waals surface area contributed by atoms with Crippen LogP contribution in [0.3, 0.4) is 0 Å². The van der Waals surface area contributed by atoms with Crippen LogP contribution in [0, 0.1) is 0 Å². The molecule has 1 atom stereocenters. The van der Waals surface area contributed by atoms with Gasteiger partial charge in [0.15, 0.2) is 0 Å². The molecule has 0 bridgehead atoms. The molecule has 1 saturated heterocycles. The first-order chi connectivity index (χ1) is 9.24. The van der Waals surface area contributed by atoms with Gasteiger partial charge in [-0.05, 0) is 19.1 Å². The molecule has 0 aliphatic carbocycles. The number of aromatic nitrogens is 1. The molecule has 4 nitrogen and oxygen atoms in total. The average Bonchev–Trinajstić information content (AvgIpc) is 2.42. The third kappa shape index (κ3) is 2.55. The van der Waals surface area contributed by atoms with E-state index in [1.165, 1.54) is 0 Å². The average molecular weight is 257 g/mol. The number of pyridine rings is 1. The van der Waals surface area contributed by atoms with Crippen LogP contribution in [0.15, 0.2) is 30.3 Å². The molecule has 1 fully saturated rings. The molecule has 4 heteroatoms. The first-order valence-corrected chi connectivity index (χ1v) is 6.70. The highest BCUT2D eigenvalue weighted by Gasteiger charge is 2.19. The number of nitrogen functional groups attached to an aromatic ring is 1. The summed E-state index contributed by atoms with van der Waals surface area (Å²) in [4.78, 5) is 7.09. The smallest absolute Gasteiger partial charge is 0.0726 e. The van der Waals surface area contributed by atoms with Gasteiger partial charge in [0, 0.05) is 30.2 Å². The summed E-state index contributed by atoms with van der Waals surface area (Å²) in [6.07, 6.45) is 0. The van der Waals surface area contributed by atoms with Gasteiger partial charge in [-0.15, -0.1) is 0 Å². The number of hydrogen-bond acceptors (Lipinski definition) is 4. The van der Waals surface area contributed by atoms with Crippen LogP contribution in [0.25, 0.3) is 10.9 Å². The van der Waals surface area contributed by atoms with E-state index in [9.17, 15) is 0 Å². The fraction of sp³-hybridized carbons (Fsp3) is 0.400. The summed E-state index contributed by atoms with van der Waals surface area (Å²) in [5.74, 6) is 0. The lowest BCUT2D eigenvalue weighted by molar-refractivity contribution is -0.00485. The van der Waals surface area contributed by atoms with Crippen LogP contribution in [0.5, 0.6) is 0 Å². The van der Waals surface area contributed by atoms with Crippen molar-refractivity contribution in [2.45, 2.75) is 19.5 Å². The minimum atomic E-state index is 0.434. The number of para-hydroxylation sites is 1. The molecule has 2 aromatic rings. The summed E-state index contributed by atoms with van der Waals surface area (Å²) in [5.41, 5.74) is 8.92. The van der Waals surface area contributed by atoms with Gasteiger partial charge in [0.05, 0.1) is 24.4 Å². The molecule has 3 rings (SSSR count). The molecule has 2 heterocycles. The van der Waals surface area contributed by atoms with E-state index in [-0.39, 0.29) is 0 Å². The third-order valence-corrected chi connectivity index (χ3v) is 3.67. The Kier molecular flexibility index (Phi) is 3.36. The van der Waals surface area contributed by atoms with Gasteiger partial charge >= 0.3 is 0 Å². The SMILES string of the molecule is CC1COCCN1Cc1cc(N)c2ccccc2n1. The number of ether oxygens (including phenoxy) is 1. The molecule has 1 aromatic heterocycles. The summed E-state index contributed by atoms with van der Waals surface area (Å²) in [6, 6.07) is 10.4. The molecule has 0 saturated carbocycles. The third-order valence-electron chi connectivity index (χ3n) is 3.67. The van der Waals surface area contributed by atoms with Gasteiger partial charge in [0.25, 0.3) is 0 Å². The zero-order valence-corrected chi connectivity index (χ0v) is 11.2. The van der Waals surface area contributed by atoms with E-state index in [0.717, 1.165) is 48.6 Å². The van der Waals surface area contributed by atoms with Gasteiger partial charge in [0.2, 0.25) is 0 Å². The topological polar surface area (TPSA) is 51.4 Å². The summed E-state index contributed by atoms with van der Waals surface area (Å²) in [6.45, 7) is 5.56. The molecule has 0 radical (unpaired) electrons. The van der Waals surface area contributed by atoms with Crippen molar-refractivity contribution in [2.75, 3.05) is 25.5 Å². The predicted molar refractivity (Wildman–Crippen MR) is 76.8 cm³/mol. The van der Waals surface area contributed by atoms with Gasteiger partial charge < -0.3 is 10.5 Å². The summed E-state index contributed by atoms with van der Waals surface area (Å²) < 4.78 is 5.46. The Hall–Kier alpha value is -1.65. The Bertz CT molecular complexity index is 585. The second-order valence-corrected chi connectivity index (χ2v) is 5.11. The number of anilines is 1. The van der Waals surface area contributed by atoms with Crippen LogP contribution >= 0.6 is 0 Å². The number of rotatable bonds is 2. The lowest BCUT2D eigenvalue weighted by atomic mass is 10.1. The van der Waals surface area contributed by atoms with Gasteiger partial charge in [0.1, 0.15) is 0 Å². The van der Waals surface area contributed by atoms with Crippen molar-refractivity contribution < 1.29 is 4.74 Å². The van der Waals surface area contributed by atoms with Crippen molar-refractivity contribution >= 4 is 16.6 Å². The van der Waals surface area contributed by atoms with Gasteiger partial charge in [-0.1, -0.05) is 18.2 Å². The van der Waals surface area contributed by atoms with Crippen molar-refractivity contribution in [3.8, 4) is 0 Å². The standard InChI is InChI=1S/C15H19N3O/c1-11-10-19-7-6-18(11)9-12-8-14(16)13-4-2-3-5-15(13)17-12/h2-5,8,11H,6-7,9-10H2,1H3,(H2,16,17). The molecule has 1 aromatic carbocycles. The summed E-state index contributed by atoms with van der Waals surface area (Å²) in [5, 5.41) is 1.03. The maximum absolute atomic E-state index is 6.11. The normalized spacial score (nSPS) is 20.8. The second kappa shape index (κ2) is 5.15. The van der Waals surface area contributed by atoms with Crippen LogP contribution < -0.4 is 5.73 Å². The Morgan fingerprint density at radius 2 is 2.26 bits per heavy atom. The number of benzene rings is 1. The van der Waals surface area contributed by atoms with Crippen molar-refractivity contribution in [2.24, 2.45) is 0 Å². The van der Waals surface area contributed by atoms with Crippen LogP contribution in [-0.4, -0.2) is 35.7 Å². The molecule has 0 amide bonds. The van der Waals surface area contributed by atoms with E-state index in [0.29, 0.717) is 6.04 Å². The van der Waals surface area contributed by atoms with Crippen molar-refractivity contribution in [1.82, 2.24) is 9.88 Å². The van der Waals surface area contributed by atoms with Crippen molar-refractivity contribution in [3.63, 3.8) is 0 Å². The molecule has 2 N–H and O–H groups in total.